The maximum absolute atomic E-state index is 11.9. The zero-order chi connectivity index (χ0) is 18.2. The van der Waals surface area contributed by atoms with Gasteiger partial charge in [0.15, 0.2) is 18.1 Å². The number of benzene rings is 1. The third-order valence-corrected chi connectivity index (χ3v) is 4.53. The summed E-state index contributed by atoms with van der Waals surface area (Å²) in [4.78, 5) is 20.5. The lowest BCUT2D eigenvalue weighted by atomic mass is 10.2. The maximum Gasteiger partial charge on any atom is 0.257 e. The van der Waals surface area contributed by atoms with E-state index in [0.717, 1.165) is 16.3 Å². The standard InChI is InChI=1S/C19H19N3O3S/c1-24-16-4-2-3-5-17(16)25-12-18(23)21-11-8-19-22-15(13-26-19)14-6-9-20-10-7-14/h2-7,9-10,13H,8,11-12H2,1H3,(H,21,23). The monoisotopic (exact) mass is 369 g/mol. The van der Waals surface area contributed by atoms with Crippen molar-refractivity contribution in [3.8, 4) is 22.8 Å². The van der Waals surface area contributed by atoms with E-state index in [1.54, 1.807) is 43.0 Å². The van der Waals surface area contributed by atoms with Crippen molar-refractivity contribution in [2.45, 2.75) is 6.42 Å². The predicted molar refractivity (Wildman–Crippen MR) is 101 cm³/mol. The lowest BCUT2D eigenvalue weighted by Crippen LogP contribution is -2.30. The Labute approximate surface area is 155 Å². The van der Waals surface area contributed by atoms with E-state index in [9.17, 15) is 4.79 Å². The highest BCUT2D eigenvalue weighted by atomic mass is 32.1. The number of aromatic nitrogens is 2. The highest BCUT2D eigenvalue weighted by Gasteiger charge is 2.08. The minimum absolute atomic E-state index is 0.0551. The first-order valence-corrected chi connectivity index (χ1v) is 9.01. The number of carbonyl (C=O) groups is 1. The number of nitrogens with zero attached hydrogens (tertiary/aromatic N) is 2. The van der Waals surface area contributed by atoms with Crippen molar-refractivity contribution in [1.29, 1.82) is 0 Å². The van der Waals surface area contributed by atoms with Crippen LogP contribution in [0.5, 0.6) is 11.5 Å². The molecule has 2 aromatic heterocycles. The number of pyridine rings is 1. The van der Waals surface area contributed by atoms with Crippen LogP contribution in [0.4, 0.5) is 0 Å². The quantitative estimate of drug-likeness (QED) is 0.661. The second kappa shape index (κ2) is 8.96. The molecule has 7 heteroatoms. The van der Waals surface area contributed by atoms with Crippen molar-refractivity contribution < 1.29 is 14.3 Å². The van der Waals surface area contributed by atoms with Gasteiger partial charge in [0.2, 0.25) is 0 Å². The highest BCUT2D eigenvalue weighted by Crippen LogP contribution is 2.25. The molecular formula is C19H19N3O3S. The minimum atomic E-state index is -0.179. The van der Waals surface area contributed by atoms with Gasteiger partial charge in [-0.3, -0.25) is 9.78 Å². The number of methoxy groups -OCH3 is 1. The summed E-state index contributed by atoms with van der Waals surface area (Å²) in [5.74, 6) is 0.973. The third kappa shape index (κ3) is 4.80. The van der Waals surface area contributed by atoms with Crippen LogP contribution in [0.1, 0.15) is 5.01 Å². The van der Waals surface area contributed by atoms with E-state index in [0.29, 0.717) is 24.5 Å². The molecule has 1 amide bonds. The number of amides is 1. The van der Waals surface area contributed by atoms with Gasteiger partial charge in [0, 0.05) is 36.3 Å². The fourth-order valence-corrected chi connectivity index (χ4v) is 3.13. The van der Waals surface area contributed by atoms with E-state index in [1.807, 2.05) is 29.6 Å². The summed E-state index contributed by atoms with van der Waals surface area (Å²) in [5.41, 5.74) is 1.97. The number of para-hydroxylation sites is 2. The fourth-order valence-electron chi connectivity index (χ4n) is 2.32. The SMILES string of the molecule is COc1ccccc1OCC(=O)NCCc1nc(-c2ccncc2)cs1. The number of hydrogen-bond acceptors (Lipinski definition) is 6. The highest BCUT2D eigenvalue weighted by molar-refractivity contribution is 7.09. The van der Waals surface area contributed by atoms with Crippen LogP contribution in [0, 0.1) is 0 Å². The Morgan fingerprint density at radius 2 is 1.92 bits per heavy atom. The van der Waals surface area contributed by atoms with Crippen LogP contribution in [-0.2, 0) is 11.2 Å². The Morgan fingerprint density at radius 3 is 2.69 bits per heavy atom. The lowest BCUT2D eigenvalue weighted by molar-refractivity contribution is -0.123. The zero-order valence-electron chi connectivity index (χ0n) is 14.3. The smallest absolute Gasteiger partial charge is 0.257 e. The van der Waals surface area contributed by atoms with Crippen molar-refractivity contribution >= 4 is 17.2 Å². The molecule has 0 fully saturated rings. The van der Waals surface area contributed by atoms with Crippen molar-refractivity contribution in [1.82, 2.24) is 15.3 Å². The predicted octanol–water partition coefficient (Wildman–Crippen LogP) is 2.95. The second-order valence-corrected chi connectivity index (χ2v) is 6.34. The van der Waals surface area contributed by atoms with Gasteiger partial charge in [-0.25, -0.2) is 4.98 Å². The van der Waals surface area contributed by atoms with Gasteiger partial charge in [0.05, 0.1) is 17.8 Å². The lowest BCUT2D eigenvalue weighted by Gasteiger charge is -2.10. The molecular weight excluding hydrogens is 350 g/mol. The van der Waals surface area contributed by atoms with Crippen LogP contribution in [0.3, 0.4) is 0 Å². The van der Waals surface area contributed by atoms with E-state index >= 15 is 0 Å². The normalized spacial score (nSPS) is 10.3. The van der Waals surface area contributed by atoms with Crippen LogP contribution in [-0.4, -0.2) is 36.1 Å². The molecule has 0 saturated carbocycles. The number of rotatable bonds is 8. The largest absolute Gasteiger partial charge is 0.493 e. The van der Waals surface area contributed by atoms with Gasteiger partial charge < -0.3 is 14.8 Å². The molecule has 6 nitrogen and oxygen atoms in total. The van der Waals surface area contributed by atoms with Gasteiger partial charge in [-0.2, -0.15) is 0 Å². The van der Waals surface area contributed by atoms with Crippen molar-refractivity contribution in [3.05, 3.63) is 59.2 Å². The van der Waals surface area contributed by atoms with E-state index in [4.69, 9.17) is 9.47 Å². The molecule has 0 unspecified atom stereocenters. The topological polar surface area (TPSA) is 73.3 Å². The molecule has 0 aliphatic rings. The van der Waals surface area contributed by atoms with Gasteiger partial charge in [-0.1, -0.05) is 12.1 Å². The molecule has 1 aromatic carbocycles. The number of ether oxygens (including phenoxy) is 2. The van der Waals surface area contributed by atoms with Crippen molar-refractivity contribution in [2.24, 2.45) is 0 Å². The second-order valence-electron chi connectivity index (χ2n) is 5.40. The van der Waals surface area contributed by atoms with Gasteiger partial charge in [0.1, 0.15) is 0 Å². The summed E-state index contributed by atoms with van der Waals surface area (Å²) >= 11 is 1.58. The molecule has 0 bridgehead atoms. The zero-order valence-corrected chi connectivity index (χ0v) is 15.2. The summed E-state index contributed by atoms with van der Waals surface area (Å²) in [7, 11) is 1.57. The van der Waals surface area contributed by atoms with Crippen LogP contribution in [0.25, 0.3) is 11.3 Å². The Kier molecular flexibility index (Phi) is 6.16. The van der Waals surface area contributed by atoms with Gasteiger partial charge >= 0.3 is 0 Å². The van der Waals surface area contributed by atoms with Gasteiger partial charge in [0.25, 0.3) is 5.91 Å². The fraction of sp³-hybridized carbons (Fsp3) is 0.211. The molecule has 3 aromatic rings. The number of nitrogens with one attached hydrogen (secondary N) is 1. The summed E-state index contributed by atoms with van der Waals surface area (Å²) in [6, 6.07) is 11.1. The van der Waals surface area contributed by atoms with E-state index in [-0.39, 0.29) is 12.5 Å². The van der Waals surface area contributed by atoms with Crippen LogP contribution in [0.15, 0.2) is 54.2 Å². The number of thiazole rings is 1. The molecule has 2 heterocycles. The van der Waals surface area contributed by atoms with E-state index in [2.05, 4.69) is 15.3 Å². The molecule has 0 radical (unpaired) electrons. The molecule has 0 aliphatic heterocycles. The number of hydrogen-bond donors (Lipinski definition) is 1. The van der Waals surface area contributed by atoms with Crippen LogP contribution in [0.2, 0.25) is 0 Å². The Balaban J connectivity index is 1.43. The first-order chi connectivity index (χ1) is 12.8. The first kappa shape index (κ1) is 17.9. The summed E-state index contributed by atoms with van der Waals surface area (Å²) in [6.07, 6.45) is 4.17. The third-order valence-electron chi connectivity index (χ3n) is 3.62. The molecule has 3 rings (SSSR count). The minimum Gasteiger partial charge on any atom is -0.493 e. The Morgan fingerprint density at radius 1 is 1.15 bits per heavy atom. The van der Waals surface area contributed by atoms with Crippen LogP contribution < -0.4 is 14.8 Å². The van der Waals surface area contributed by atoms with Gasteiger partial charge in [-0.05, 0) is 24.3 Å². The Hall–Kier alpha value is -2.93. The van der Waals surface area contributed by atoms with Crippen molar-refractivity contribution in [3.63, 3.8) is 0 Å². The average molecular weight is 369 g/mol. The molecule has 134 valence electrons. The van der Waals surface area contributed by atoms with Crippen LogP contribution >= 0.6 is 11.3 Å². The number of carbonyl (C=O) groups excluding carboxylic acids is 1. The average Bonchev–Trinajstić information content (AvgIpc) is 3.16. The molecule has 26 heavy (non-hydrogen) atoms. The molecule has 0 atom stereocenters. The maximum atomic E-state index is 11.9. The summed E-state index contributed by atoms with van der Waals surface area (Å²) in [5, 5.41) is 5.83. The Bertz CT molecular complexity index is 852. The first-order valence-electron chi connectivity index (χ1n) is 8.13. The molecule has 0 saturated heterocycles. The molecule has 1 N–H and O–H groups in total. The van der Waals surface area contributed by atoms with E-state index < -0.39 is 0 Å². The van der Waals surface area contributed by atoms with E-state index in [1.165, 1.54) is 0 Å². The summed E-state index contributed by atoms with van der Waals surface area (Å²) < 4.78 is 10.7. The van der Waals surface area contributed by atoms with Gasteiger partial charge in [-0.15, -0.1) is 11.3 Å². The molecule has 0 aliphatic carbocycles. The van der Waals surface area contributed by atoms with Crippen molar-refractivity contribution in [2.75, 3.05) is 20.3 Å². The summed E-state index contributed by atoms with van der Waals surface area (Å²) in [6.45, 7) is 0.456. The molecule has 0 spiro atoms.